The number of carbonyl (C=O) groups excluding carboxylic acids is 3. The number of hydrogen-bond donors (Lipinski definition) is 2. The lowest BCUT2D eigenvalue weighted by Gasteiger charge is -2.51. The molecule has 206 valence electrons. The van der Waals surface area contributed by atoms with Gasteiger partial charge in [-0.2, -0.15) is 0 Å². The molecule has 37 heavy (non-hydrogen) atoms. The maximum Gasteiger partial charge on any atom is 0.244 e. The van der Waals surface area contributed by atoms with Gasteiger partial charge in [-0.05, 0) is 61.6 Å². The summed E-state index contributed by atoms with van der Waals surface area (Å²) < 4.78 is 16.7. The van der Waals surface area contributed by atoms with E-state index in [1.54, 1.807) is 19.1 Å². The highest BCUT2D eigenvalue weighted by atomic mass is 16.5. The number of methoxy groups -OCH3 is 3. The van der Waals surface area contributed by atoms with Crippen molar-refractivity contribution in [3.8, 4) is 17.2 Å². The predicted molar refractivity (Wildman–Crippen MR) is 140 cm³/mol. The van der Waals surface area contributed by atoms with Crippen LogP contribution in [0.5, 0.6) is 17.2 Å². The number of piperidine rings is 1. The third-order valence-corrected chi connectivity index (χ3v) is 8.29. The van der Waals surface area contributed by atoms with Crippen LogP contribution in [0.25, 0.3) is 0 Å². The van der Waals surface area contributed by atoms with E-state index in [2.05, 4.69) is 0 Å². The predicted octanol–water partition coefficient (Wildman–Crippen LogP) is 3.37. The van der Waals surface area contributed by atoms with Gasteiger partial charge in [-0.3, -0.25) is 14.4 Å². The lowest BCUT2D eigenvalue weighted by molar-refractivity contribution is -0.161. The van der Waals surface area contributed by atoms with Crippen LogP contribution in [0.15, 0.2) is 12.1 Å². The van der Waals surface area contributed by atoms with Gasteiger partial charge >= 0.3 is 0 Å². The zero-order valence-electron chi connectivity index (χ0n) is 22.9. The summed E-state index contributed by atoms with van der Waals surface area (Å²) in [6.07, 6.45) is 6.65. The normalized spacial score (nSPS) is 22.3. The molecular weight excluding hydrogens is 474 g/mol. The molecule has 0 bridgehead atoms. The van der Waals surface area contributed by atoms with Crippen molar-refractivity contribution < 1.29 is 28.6 Å². The van der Waals surface area contributed by atoms with Crippen LogP contribution in [-0.2, 0) is 14.4 Å². The van der Waals surface area contributed by atoms with Gasteiger partial charge in [0.25, 0.3) is 0 Å². The van der Waals surface area contributed by atoms with E-state index in [4.69, 9.17) is 25.7 Å². The van der Waals surface area contributed by atoms with Crippen LogP contribution in [0.3, 0.4) is 0 Å². The largest absolute Gasteiger partial charge is 0.493 e. The Bertz CT molecular complexity index is 965. The van der Waals surface area contributed by atoms with Crippen LogP contribution >= 0.6 is 0 Å². The van der Waals surface area contributed by atoms with Gasteiger partial charge in [0.05, 0.1) is 33.2 Å². The van der Waals surface area contributed by atoms with Crippen LogP contribution in [0, 0.1) is 17.8 Å². The molecule has 1 aliphatic carbocycles. The average molecular weight is 518 g/mol. The number of benzene rings is 1. The molecule has 3 atom stereocenters. The van der Waals surface area contributed by atoms with Crippen LogP contribution in [0.4, 0.5) is 0 Å². The summed E-state index contributed by atoms with van der Waals surface area (Å²) >= 11 is 0. The Kier molecular flexibility index (Phi) is 9.31. The van der Waals surface area contributed by atoms with Gasteiger partial charge in [0, 0.05) is 6.54 Å². The van der Waals surface area contributed by atoms with E-state index in [0.717, 1.165) is 44.1 Å². The first kappa shape index (κ1) is 28.6. The lowest BCUT2D eigenvalue weighted by Crippen LogP contribution is -2.69. The molecule has 0 spiro atoms. The zero-order chi connectivity index (χ0) is 27.3. The molecule has 0 aromatic heterocycles. The van der Waals surface area contributed by atoms with Crippen molar-refractivity contribution in [1.82, 2.24) is 4.90 Å². The van der Waals surface area contributed by atoms with E-state index in [9.17, 15) is 14.4 Å². The molecule has 4 N–H and O–H groups in total. The van der Waals surface area contributed by atoms with E-state index in [-0.39, 0.29) is 17.7 Å². The van der Waals surface area contributed by atoms with Crippen molar-refractivity contribution in [3.63, 3.8) is 0 Å². The Morgan fingerprint density at radius 1 is 0.919 bits per heavy atom. The fourth-order valence-corrected chi connectivity index (χ4v) is 6.69. The van der Waals surface area contributed by atoms with Gasteiger partial charge < -0.3 is 30.6 Å². The molecule has 2 fully saturated rings. The molecule has 1 saturated heterocycles. The molecular formula is C28H43N3O6. The molecule has 1 aromatic carbocycles. The molecule has 1 heterocycles. The average Bonchev–Trinajstić information content (AvgIpc) is 2.88. The van der Waals surface area contributed by atoms with Crippen molar-refractivity contribution >= 4 is 17.7 Å². The summed E-state index contributed by atoms with van der Waals surface area (Å²) in [4.78, 5) is 42.2. The molecule has 1 aliphatic heterocycles. The van der Waals surface area contributed by atoms with E-state index in [0.29, 0.717) is 36.6 Å². The maximum absolute atomic E-state index is 14.7. The van der Waals surface area contributed by atoms with Crippen molar-refractivity contribution in [1.29, 1.82) is 0 Å². The molecule has 3 rings (SSSR count). The van der Waals surface area contributed by atoms with Crippen LogP contribution in [0.2, 0.25) is 0 Å². The molecule has 9 heteroatoms. The number of nitrogens with two attached hydrogens (primary N) is 2. The van der Waals surface area contributed by atoms with E-state index in [1.165, 1.54) is 7.11 Å². The first-order valence-corrected chi connectivity index (χ1v) is 13.3. The fraction of sp³-hybridized carbons (Fsp3) is 0.679. The quantitative estimate of drug-likeness (QED) is 0.489. The Balaban J connectivity index is 2.20. The van der Waals surface area contributed by atoms with Gasteiger partial charge in [-0.1, -0.05) is 33.1 Å². The van der Waals surface area contributed by atoms with E-state index >= 15 is 0 Å². The molecule has 1 aromatic rings. The number of likely N-dealkylation sites (tertiary alicyclic amines) is 1. The number of carbonyl (C=O) groups is 3. The molecule has 1 saturated carbocycles. The Labute approximate surface area is 220 Å². The van der Waals surface area contributed by atoms with Gasteiger partial charge in [0.2, 0.25) is 23.5 Å². The second-order valence-corrected chi connectivity index (χ2v) is 10.7. The van der Waals surface area contributed by atoms with Gasteiger partial charge in [-0.25, -0.2) is 0 Å². The second-order valence-electron chi connectivity index (χ2n) is 10.7. The van der Waals surface area contributed by atoms with Gasteiger partial charge in [-0.15, -0.1) is 0 Å². The summed E-state index contributed by atoms with van der Waals surface area (Å²) in [5, 5.41) is 0. The first-order valence-electron chi connectivity index (χ1n) is 13.3. The summed E-state index contributed by atoms with van der Waals surface area (Å²) in [5.41, 5.74) is 11.2. The number of ether oxygens (including phenoxy) is 3. The number of primary amides is 2. The Morgan fingerprint density at radius 2 is 1.51 bits per heavy atom. The molecule has 9 nitrogen and oxygen atoms in total. The zero-order valence-corrected chi connectivity index (χ0v) is 22.9. The highest BCUT2D eigenvalue weighted by Gasteiger charge is 2.56. The first-order chi connectivity index (χ1) is 17.6. The number of rotatable bonds is 10. The van der Waals surface area contributed by atoms with Crippen molar-refractivity contribution in [2.75, 3.05) is 27.9 Å². The minimum absolute atomic E-state index is 0.0580. The number of nitrogens with zero attached hydrogens (tertiary/aromatic N) is 1. The van der Waals surface area contributed by atoms with Gasteiger partial charge in [0.15, 0.2) is 11.5 Å². The lowest BCUT2D eigenvalue weighted by atomic mass is 9.68. The molecule has 1 unspecified atom stereocenters. The topological polar surface area (TPSA) is 134 Å². The summed E-state index contributed by atoms with van der Waals surface area (Å²) in [5.74, 6) is -1.79. The van der Waals surface area contributed by atoms with Crippen LogP contribution in [-0.4, -0.2) is 56.0 Å². The SMILES string of the molecule is COc1cc([C@@H](C(=O)N2CCCCC2(C(N)=O)[C@@H](C(N)=O)C(C)C)C2CCCCC2)cc(OC)c1OC. The number of hydrogen-bond acceptors (Lipinski definition) is 6. The Hall–Kier alpha value is -2.97. The van der Waals surface area contributed by atoms with Gasteiger partial charge in [0.1, 0.15) is 5.54 Å². The highest BCUT2D eigenvalue weighted by Crippen LogP contribution is 2.47. The van der Waals surface area contributed by atoms with Crippen molar-refractivity contribution in [2.45, 2.75) is 76.7 Å². The smallest absolute Gasteiger partial charge is 0.244 e. The molecule has 3 amide bonds. The summed E-state index contributed by atoms with van der Waals surface area (Å²) in [7, 11) is 4.62. The monoisotopic (exact) mass is 517 g/mol. The highest BCUT2D eigenvalue weighted by molar-refractivity contribution is 5.98. The summed E-state index contributed by atoms with van der Waals surface area (Å²) in [6.45, 7) is 4.02. The molecule has 0 radical (unpaired) electrons. The standard InChI is InChI=1S/C28H43N3O6/c1-17(2)23(25(29)32)28(27(30)34)13-9-10-14-31(28)26(33)22(18-11-7-6-8-12-18)19-15-20(35-3)24(37-5)21(16-19)36-4/h15-18,22-23H,6-14H2,1-5H3,(H2,29,32)(H2,30,34)/t22-,23+,28?/m0/s1. The van der Waals surface area contributed by atoms with Crippen molar-refractivity contribution in [3.05, 3.63) is 17.7 Å². The molecule has 2 aliphatic rings. The minimum atomic E-state index is -1.47. The second kappa shape index (κ2) is 12.0. The van der Waals surface area contributed by atoms with Crippen LogP contribution in [0.1, 0.15) is 76.7 Å². The van der Waals surface area contributed by atoms with E-state index < -0.39 is 29.2 Å². The minimum Gasteiger partial charge on any atom is -0.493 e. The number of amides is 3. The maximum atomic E-state index is 14.7. The van der Waals surface area contributed by atoms with Crippen LogP contribution < -0.4 is 25.7 Å². The van der Waals surface area contributed by atoms with Crippen molar-refractivity contribution in [2.24, 2.45) is 29.2 Å². The Morgan fingerprint density at radius 3 is 1.97 bits per heavy atom. The van der Waals surface area contributed by atoms with E-state index in [1.807, 2.05) is 26.0 Å². The third-order valence-electron chi connectivity index (χ3n) is 8.29. The third kappa shape index (κ3) is 5.36. The fourth-order valence-electron chi connectivity index (χ4n) is 6.69. The summed E-state index contributed by atoms with van der Waals surface area (Å²) in [6, 6.07) is 3.64.